The Hall–Kier alpha value is -0.900. The number of H-pyrrole nitrogens is 1. The van der Waals surface area contributed by atoms with Gasteiger partial charge in [0.15, 0.2) is 0 Å². The van der Waals surface area contributed by atoms with Crippen LogP contribution >= 0.6 is 0 Å². The van der Waals surface area contributed by atoms with Gasteiger partial charge in [0.25, 0.3) is 0 Å². The van der Waals surface area contributed by atoms with Crippen molar-refractivity contribution >= 4 is 0 Å². The normalized spacial score (nSPS) is 28.9. The lowest BCUT2D eigenvalue weighted by Crippen LogP contribution is -2.17. The van der Waals surface area contributed by atoms with E-state index >= 15 is 0 Å². The molecule has 1 aliphatic rings. The molecule has 4 heteroatoms. The molecule has 2 rings (SSSR count). The number of hydrogen-bond donors (Lipinski definition) is 2. The van der Waals surface area contributed by atoms with Crippen LogP contribution in [0.25, 0.3) is 0 Å². The molecule has 1 aliphatic heterocycles. The van der Waals surface area contributed by atoms with Crippen LogP contribution in [0, 0.1) is 0 Å². The minimum absolute atomic E-state index is 0.203. The van der Waals surface area contributed by atoms with Gasteiger partial charge in [0.2, 0.25) is 0 Å². The number of halogens is 1. The zero-order valence-electron chi connectivity index (χ0n) is 6.26. The molecule has 0 bridgehead atoms. The van der Waals surface area contributed by atoms with E-state index in [4.69, 9.17) is 0 Å². The molecule has 1 aromatic heterocycles. The molecule has 2 atom stereocenters. The number of aromatic amines is 1. The van der Waals surface area contributed by atoms with Crippen molar-refractivity contribution in [2.45, 2.75) is 19.0 Å². The lowest BCUT2D eigenvalue weighted by molar-refractivity contribution is 0.377. The maximum absolute atomic E-state index is 12.3. The molecule has 0 saturated heterocycles. The third-order valence-electron chi connectivity index (χ3n) is 2.10. The quantitative estimate of drug-likeness (QED) is 0.637. The molecule has 0 radical (unpaired) electrons. The molecule has 0 saturated carbocycles. The molecule has 0 spiro atoms. The summed E-state index contributed by atoms with van der Waals surface area (Å²) in [6, 6.07) is 0.0238. The van der Waals surface area contributed by atoms with Crippen molar-refractivity contribution in [2.24, 2.45) is 0 Å². The third kappa shape index (κ3) is 0.860. The predicted octanol–water partition coefficient (Wildman–Crippen LogP) is 1.08. The van der Waals surface area contributed by atoms with Gasteiger partial charge in [0.1, 0.15) is 6.67 Å². The minimum atomic E-state index is -0.387. The fourth-order valence-corrected chi connectivity index (χ4v) is 1.52. The SMILES string of the molecule is C[C@H]1NC(CF)c2n[nH]cc21. The zero-order chi connectivity index (χ0) is 7.84. The maximum Gasteiger partial charge on any atom is 0.111 e. The summed E-state index contributed by atoms with van der Waals surface area (Å²) in [4.78, 5) is 0. The molecule has 0 amide bonds. The number of nitrogens with one attached hydrogen (secondary N) is 2. The highest BCUT2D eigenvalue weighted by Gasteiger charge is 2.29. The molecule has 3 nitrogen and oxygen atoms in total. The topological polar surface area (TPSA) is 40.7 Å². The number of alkyl halides is 1. The summed E-state index contributed by atoms with van der Waals surface area (Å²) in [6.07, 6.45) is 1.82. The molecular weight excluding hydrogens is 145 g/mol. The fourth-order valence-electron chi connectivity index (χ4n) is 1.52. The largest absolute Gasteiger partial charge is 0.300 e. The highest BCUT2D eigenvalue weighted by Crippen LogP contribution is 2.30. The smallest absolute Gasteiger partial charge is 0.111 e. The van der Waals surface area contributed by atoms with Crippen LogP contribution < -0.4 is 5.32 Å². The predicted molar refractivity (Wildman–Crippen MR) is 38.9 cm³/mol. The maximum atomic E-state index is 12.3. The molecule has 2 heterocycles. The molecule has 1 unspecified atom stereocenters. The molecular formula is C7H10FN3. The van der Waals surface area contributed by atoms with Crippen LogP contribution in [0.5, 0.6) is 0 Å². The second kappa shape index (κ2) is 2.30. The van der Waals surface area contributed by atoms with Gasteiger partial charge in [-0.05, 0) is 6.92 Å². The van der Waals surface area contributed by atoms with Gasteiger partial charge in [-0.1, -0.05) is 0 Å². The van der Waals surface area contributed by atoms with Gasteiger partial charge in [-0.2, -0.15) is 5.10 Å². The standard InChI is InChI=1S/C7H10FN3/c1-4-5-3-9-11-7(5)6(2-8)10-4/h3-4,6,10H,2H2,1H3,(H,9,11)/t4-,6?/m1/s1. The first-order chi connectivity index (χ1) is 5.33. The van der Waals surface area contributed by atoms with E-state index in [-0.39, 0.29) is 18.8 Å². The van der Waals surface area contributed by atoms with Crippen molar-refractivity contribution in [3.63, 3.8) is 0 Å². The van der Waals surface area contributed by atoms with Crippen molar-refractivity contribution in [1.29, 1.82) is 0 Å². The van der Waals surface area contributed by atoms with Gasteiger partial charge in [0, 0.05) is 17.8 Å². The van der Waals surface area contributed by atoms with E-state index in [1.807, 2.05) is 13.1 Å². The van der Waals surface area contributed by atoms with Crippen LogP contribution in [0.1, 0.15) is 30.3 Å². The average molecular weight is 155 g/mol. The number of nitrogens with zero attached hydrogens (tertiary/aromatic N) is 1. The second-order valence-corrected chi connectivity index (χ2v) is 2.82. The van der Waals surface area contributed by atoms with E-state index in [0.717, 1.165) is 11.3 Å². The van der Waals surface area contributed by atoms with Crippen LogP contribution in [0.3, 0.4) is 0 Å². The van der Waals surface area contributed by atoms with Gasteiger partial charge < -0.3 is 0 Å². The zero-order valence-corrected chi connectivity index (χ0v) is 6.26. The first-order valence-corrected chi connectivity index (χ1v) is 3.68. The van der Waals surface area contributed by atoms with Gasteiger partial charge in [-0.15, -0.1) is 0 Å². The first kappa shape index (κ1) is 6.79. The van der Waals surface area contributed by atoms with Crippen molar-refractivity contribution < 1.29 is 4.39 Å². The Morgan fingerprint density at radius 2 is 2.55 bits per heavy atom. The van der Waals surface area contributed by atoms with Crippen molar-refractivity contribution in [3.05, 3.63) is 17.5 Å². The van der Waals surface area contributed by atoms with Gasteiger partial charge in [-0.3, -0.25) is 10.4 Å². The van der Waals surface area contributed by atoms with Crippen LogP contribution in [-0.4, -0.2) is 16.9 Å². The lowest BCUT2D eigenvalue weighted by Gasteiger charge is -2.06. The number of hydrogen-bond acceptors (Lipinski definition) is 2. The molecule has 11 heavy (non-hydrogen) atoms. The highest BCUT2D eigenvalue weighted by atomic mass is 19.1. The molecule has 1 aromatic rings. The van der Waals surface area contributed by atoms with Crippen molar-refractivity contribution in [3.8, 4) is 0 Å². The Labute approximate surface area is 64.0 Å². The Morgan fingerprint density at radius 3 is 3.27 bits per heavy atom. The summed E-state index contributed by atoms with van der Waals surface area (Å²) in [5.41, 5.74) is 1.92. The molecule has 0 aliphatic carbocycles. The van der Waals surface area contributed by atoms with Gasteiger partial charge >= 0.3 is 0 Å². The third-order valence-corrected chi connectivity index (χ3v) is 2.10. The Balaban J connectivity index is 2.37. The summed E-state index contributed by atoms with van der Waals surface area (Å²) in [7, 11) is 0. The fraction of sp³-hybridized carbons (Fsp3) is 0.571. The summed E-state index contributed by atoms with van der Waals surface area (Å²) < 4.78 is 12.3. The summed E-state index contributed by atoms with van der Waals surface area (Å²) in [5, 5.41) is 9.80. The number of fused-ring (bicyclic) bond motifs is 1. The van der Waals surface area contributed by atoms with E-state index < -0.39 is 0 Å². The summed E-state index contributed by atoms with van der Waals surface area (Å²) >= 11 is 0. The highest BCUT2D eigenvalue weighted by molar-refractivity contribution is 5.28. The van der Waals surface area contributed by atoms with E-state index in [2.05, 4.69) is 15.5 Å². The van der Waals surface area contributed by atoms with E-state index in [0.29, 0.717) is 0 Å². The van der Waals surface area contributed by atoms with Gasteiger partial charge in [-0.25, -0.2) is 4.39 Å². The summed E-state index contributed by atoms with van der Waals surface area (Å²) in [5.74, 6) is 0. The van der Waals surface area contributed by atoms with Crippen molar-refractivity contribution in [2.75, 3.05) is 6.67 Å². The Kier molecular flexibility index (Phi) is 1.42. The minimum Gasteiger partial charge on any atom is -0.300 e. The van der Waals surface area contributed by atoms with E-state index in [1.165, 1.54) is 0 Å². The van der Waals surface area contributed by atoms with E-state index in [1.54, 1.807) is 0 Å². The number of rotatable bonds is 1. The van der Waals surface area contributed by atoms with Crippen LogP contribution in [0.15, 0.2) is 6.20 Å². The Bertz CT molecular complexity index is 258. The monoisotopic (exact) mass is 155 g/mol. The lowest BCUT2D eigenvalue weighted by atomic mass is 10.2. The van der Waals surface area contributed by atoms with Crippen LogP contribution in [0.4, 0.5) is 4.39 Å². The first-order valence-electron chi connectivity index (χ1n) is 3.68. The molecule has 2 N–H and O–H groups in total. The van der Waals surface area contributed by atoms with Gasteiger partial charge in [0.05, 0.1) is 11.7 Å². The van der Waals surface area contributed by atoms with E-state index in [9.17, 15) is 4.39 Å². The second-order valence-electron chi connectivity index (χ2n) is 2.82. The van der Waals surface area contributed by atoms with Crippen LogP contribution in [-0.2, 0) is 0 Å². The summed E-state index contributed by atoms with van der Waals surface area (Å²) in [6.45, 7) is 1.62. The molecule has 0 aromatic carbocycles. The molecule has 60 valence electrons. The number of aromatic nitrogens is 2. The Morgan fingerprint density at radius 1 is 1.73 bits per heavy atom. The van der Waals surface area contributed by atoms with Crippen molar-refractivity contribution in [1.82, 2.24) is 15.5 Å². The average Bonchev–Trinajstić information content (AvgIpc) is 2.54. The van der Waals surface area contributed by atoms with Crippen LogP contribution in [0.2, 0.25) is 0 Å². The molecule has 0 fully saturated rings.